The lowest BCUT2D eigenvalue weighted by atomic mass is 10.1. The number of aliphatic hydroxyl groups excluding tert-OH is 1. The molecule has 1 rings (SSSR count). The highest BCUT2D eigenvalue weighted by molar-refractivity contribution is 5.56. The molecule has 1 aromatic carbocycles. The van der Waals surface area contributed by atoms with Gasteiger partial charge in [0.15, 0.2) is 0 Å². The van der Waals surface area contributed by atoms with Gasteiger partial charge in [-0.3, -0.25) is 0 Å². The Hall–Kier alpha value is -1.60. The van der Waals surface area contributed by atoms with Crippen molar-refractivity contribution in [3.05, 3.63) is 29.6 Å². The van der Waals surface area contributed by atoms with Crippen LogP contribution in [0, 0.1) is 17.1 Å². The topological polar surface area (TPSA) is 47.3 Å². The van der Waals surface area contributed by atoms with Crippen LogP contribution in [0.1, 0.15) is 31.9 Å². The Morgan fingerprint density at radius 2 is 2.12 bits per heavy atom. The Morgan fingerprint density at radius 3 is 2.65 bits per heavy atom. The van der Waals surface area contributed by atoms with Crippen molar-refractivity contribution < 1.29 is 9.50 Å². The Labute approximate surface area is 101 Å². The highest BCUT2D eigenvalue weighted by Crippen LogP contribution is 2.30. The number of rotatable bonds is 4. The summed E-state index contributed by atoms with van der Waals surface area (Å²) in [5, 5.41) is 18.3. The summed E-state index contributed by atoms with van der Waals surface area (Å²) in [6, 6.07) is 6.58. The van der Waals surface area contributed by atoms with Crippen LogP contribution >= 0.6 is 0 Å². The first kappa shape index (κ1) is 13.5. The number of para-hydroxylation sites is 1. The van der Waals surface area contributed by atoms with E-state index in [1.165, 1.54) is 6.07 Å². The highest BCUT2D eigenvalue weighted by Gasteiger charge is 2.19. The van der Waals surface area contributed by atoms with E-state index in [-0.39, 0.29) is 11.9 Å². The molecule has 0 aliphatic heterocycles. The Kier molecular flexibility index (Phi) is 4.47. The zero-order valence-electron chi connectivity index (χ0n) is 10.3. The van der Waals surface area contributed by atoms with E-state index in [1.54, 1.807) is 31.0 Å². The van der Waals surface area contributed by atoms with E-state index >= 15 is 0 Å². The van der Waals surface area contributed by atoms with Gasteiger partial charge in [0.1, 0.15) is 5.82 Å². The minimum absolute atomic E-state index is 0.102. The van der Waals surface area contributed by atoms with Gasteiger partial charge in [0.05, 0.1) is 24.3 Å². The lowest BCUT2D eigenvalue weighted by Gasteiger charge is -2.28. The van der Waals surface area contributed by atoms with Gasteiger partial charge in [0.25, 0.3) is 0 Å². The molecule has 2 atom stereocenters. The van der Waals surface area contributed by atoms with Gasteiger partial charge in [-0.2, -0.15) is 5.26 Å². The third kappa shape index (κ3) is 2.95. The van der Waals surface area contributed by atoms with E-state index in [1.807, 2.05) is 6.92 Å². The molecule has 17 heavy (non-hydrogen) atoms. The van der Waals surface area contributed by atoms with Gasteiger partial charge >= 0.3 is 0 Å². The lowest BCUT2D eigenvalue weighted by molar-refractivity contribution is 0.199. The lowest BCUT2D eigenvalue weighted by Crippen LogP contribution is -2.30. The van der Waals surface area contributed by atoms with Crippen molar-refractivity contribution >= 4 is 5.69 Å². The summed E-state index contributed by atoms with van der Waals surface area (Å²) in [5.41, 5.74) is 0.905. The number of benzene rings is 1. The van der Waals surface area contributed by atoms with Crippen LogP contribution in [-0.4, -0.2) is 18.2 Å². The van der Waals surface area contributed by atoms with Crippen LogP contribution in [0.5, 0.6) is 0 Å². The molecule has 0 aliphatic carbocycles. The van der Waals surface area contributed by atoms with Crippen molar-refractivity contribution in [2.24, 2.45) is 0 Å². The first-order valence-electron chi connectivity index (χ1n) is 5.55. The molecule has 0 heterocycles. The van der Waals surface area contributed by atoms with Crippen LogP contribution in [-0.2, 0) is 0 Å². The van der Waals surface area contributed by atoms with Crippen molar-refractivity contribution in [2.45, 2.75) is 32.4 Å². The fourth-order valence-corrected chi connectivity index (χ4v) is 1.73. The number of hydrogen-bond acceptors (Lipinski definition) is 3. The third-order valence-electron chi connectivity index (χ3n) is 2.87. The monoisotopic (exact) mass is 236 g/mol. The van der Waals surface area contributed by atoms with Crippen LogP contribution in [0.25, 0.3) is 0 Å². The molecule has 0 aromatic heterocycles. The highest BCUT2D eigenvalue weighted by atomic mass is 19.1. The van der Waals surface area contributed by atoms with Gasteiger partial charge in [-0.1, -0.05) is 12.1 Å². The standard InChI is InChI=1S/C13H17FN2O/c1-9(7-8-15)16(3)13-11(10(2)17)5-4-6-12(13)14/h4-6,9-10,17H,7H2,1-3H3/t9?,10-/m1/s1. The van der Waals surface area contributed by atoms with Gasteiger partial charge in [0.2, 0.25) is 0 Å². The van der Waals surface area contributed by atoms with Crippen molar-refractivity contribution in [1.29, 1.82) is 5.26 Å². The second-order valence-corrected chi connectivity index (χ2v) is 4.18. The summed E-state index contributed by atoms with van der Waals surface area (Å²) in [4.78, 5) is 1.70. The number of hydrogen-bond donors (Lipinski definition) is 1. The summed E-state index contributed by atoms with van der Waals surface area (Å²) in [6.07, 6.45) is -0.429. The van der Waals surface area contributed by atoms with Crippen LogP contribution in [0.4, 0.5) is 10.1 Å². The van der Waals surface area contributed by atoms with E-state index in [0.717, 1.165) is 0 Å². The van der Waals surface area contributed by atoms with E-state index in [0.29, 0.717) is 17.7 Å². The summed E-state index contributed by atoms with van der Waals surface area (Å²) >= 11 is 0. The van der Waals surface area contributed by atoms with Gasteiger partial charge in [0, 0.05) is 18.7 Å². The molecule has 0 saturated carbocycles. The van der Waals surface area contributed by atoms with Crippen molar-refractivity contribution in [3.63, 3.8) is 0 Å². The van der Waals surface area contributed by atoms with Gasteiger partial charge < -0.3 is 10.0 Å². The van der Waals surface area contributed by atoms with Crippen molar-refractivity contribution in [2.75, 3.05) is 11.9 Å². The Bertz CT molecular complexity index is 426. The minimum Gasteiger partial charge on any atom is -0.389 e. The maximum Gasteiger partial charge on any atom is 0.146 e. The summed E-state index contributed by atoms with van der Waals surface area (Å²) in [7, 11) is 1.73. The summed E-state index contributed by atoms with van der Waals surface area (Å²) in [6.45, 7) is 3.45. The number of halogens is 1. The predicted molar refractivity (Wildman–Crippen MR) is 65.1 cm³/mol. The zero-order chi connectivity index (χ0) is 13.0. The largest absolute Gasteiger partial charge is 0.389 e. The molecular formula is C13H17FN2O. The van der Waals surface area contributed by atoms with Crippen LogP contribution in [0.2, 0.25) is 0 Å². The third-order valence-corrected chi connectivity index (χ3v) is 2.87. The van der Waals surface area contributed by atoms with Crippen molar-refractivity contribution in [3.8, 4) is 6.07 Å². The van der Waals surface area contributed by atoms with Crippen LogP contribution < -0.4 is 4.90 Å². The normalized spacial score (nSPS) is 13.9. The first-order valence-corrected chi connectivity index (χ1v) is 5.55. The maximum absolute atomic E-state index is 13.8. The molecule has 1 N–H and O–H groups in total. The number of nitriles is 1. The van der Waals surface area contributed by atoms with Gasteiger partial charge in [-0.15, -0.1) is 0 Å². The average Bonchev–Trinajstić information content (AvgIpc) is 2.28. The van der Waals surface area contributed by atoms with Crippen molar-refractivity contribution in [1.82, 2.24) is 0 Å². The molecule has 1 unspecified atom stereocenters. The first-order chi connectivity index (χ1) is 7.99. The fraction of sp³-hybridized carbons (Fsp3) is 0.462. The van der Waals surface area contributed by atoms with Gasteiger partial charge in [-0.25, -0.2) is 4.39 Å². The maximum atomic E-state index is 13.8. The molecule has 0 fully saturated rings. The molecule has 0 radical (unpaired) electrons. The van der Waals surface area contributed by atoms with Crippen LogP contribution in [0.3, 0.4) is 0 Å². The zero-order valence-corrected chi connectivity index (χ0v) is 10.3. The number of nitrogens with zero attached hydrogens (tertiary/aromatic N) is 2. The molecular weight excluding hydrogens is 219 g/mol. The molecule has 4 heteroatoms. The van der Waals surface area contributed by atoms with E-state index < -0.39 is 6.10 Å². The molecule has 1 aromatic rings. The summed E-state index contributed by atoms with van der Waals surface area (Å²) < 4.78 is 13.8. The summed E-state index contributed by atoms with van der Waals surface area (Å²) in [5.74, 6) is -0.379. The van der Waals surface area contributed by atoms with Gasteiger partial charge in [-0.05, 0) is 19.9 Å². The second-order valence-electron chi connectivity index (χ2n) is 4.18. The fourth-order valence-electron chi connectivity index (χ4n) is 1.73. The Balaban J connectivity index is 3.16. The van der Waals surface area contributed by atoms with E-state index in [2.05, 4.69) is 6.07 Å². The SMILES string of the molecule is CC(CC#N)N(C)c1c(F)cccc1[C@@H](C)O. The minimum atomic E-state index is -0.738. The molecule has 3 nitrogen and oxygen atoms in total. The smallest absolute Gasteiger partial charge is 0.146 e. The van der Waals surface area contributed by atoms with E-state index in [9.17, 15) is 9.50 Å². The number of anilines is 1. The molecule has 92 valence electrons. The van der Waals surface area contributed by atoms with Crippen LogP contribution in [0.15, 0.2) is 18.2 Å². The molecule has 0 spiro atoms. The quantitative estimate of drug-likeness (QED) is 0.874. The molecule has 0 amide bonds. The molecule has 0 saturated heterocycles. The predicted octanol–water partition coefficient (Wildman–Crippen LogP) is 2.62. The second kappa shape index (κ2) is 5.65. The average molecular weight is 236 g/mol. The Morgan fingerprint density at radius 1 is 1.47 bits per heavy atom. The van der Waals surface area contributed by atoms with E-state index in [4.69, 9.17) is 5.26 Å². The number of aliphatic hydroxyl groups is 1. The molecule has 0 aliphatic rings. The molecule has 0 bridgehead atoms.